The van der Waals surface area contributed by atoms with Crippen LogP contribution in [0, 0.1) is 17.8 Å². The second kappa shape index (κ2) is 10.9. The fourth-order valence-electron chi connectivity index (χ4n) is 7.50. The number of carbonyl (C=O) groups is 3. The summed E-state index contributed by atoms with van der Waals surface area (Å²) in [7, 11) is 1.58. The number of nitrogens with one attached hydrogen (secondary N) is 1. The maximum Gasteiger partial charge on any atom is 0.352 e. The third-order valence-electron chi connectivity index (χ3n) is 9.49. The first-order chi connectivity index (χ1) is 19.4. The van der Waals surface area contributed by atoms with E-state index in [-0.39, 0.29) is 30.7 Å². The Kier molecular flexibility index (Phi) is 7.84. The van der Waals surface area contributed by atoms with Crippen molar-refractivity contribution in [3.8, 4) is 11.5 Å². The van der Waals surface area contributed by atoms with E-state index in [1.165, 1.54) is 6.92 Å². The highest BCUT2D eigenvalue weighted by Gasteiger charge is 2.72. The number of benzene rings is 1. The minimum Gasteiger partial charge on any atom is -0.493 e. The normalized spacial score (nSPS) is 30.3. The highest BCUT2D eigenvalue weighted by atomic mass is 16.6. The van der Waals surface area contributed by atoms with Gasteiger partial charge in [0.05, 0.1) is 30.6 Å². The van der Waals surface area contributed by atoms with E-state index < -0.39 is 41.2 Å². The van der Waals surface area contributed by atoms with Crippen LogP contribution in [0.15, 0.2) is 24.0 Å². The largest absolute Gasteiger partial charge is 0.493 e. The zero-order valence-electron chi connectivity index (χ0n) is 24.5. The van der Waals surface area contributed by atoms with Gasteiger partial charge < -0.3 is 35.1 Å². The van der Waals surface area contributed by atoms with Gasteiger partial charge in [-0.05, 0) is 74.5 Å². The summed E-state index contributed by atoms with van der Waals surface area (Å²) in [4.78, 5) is 37.6. The van der Waals surface area contributed by atoms with E-state index in [2.05, 4.69) is 18.3 Å². The zero-order valence-corrected chi connectivity index (χ0v) is 24.5. The predicted molar refractivity (Wildman–Crippen MR) is 149 cm³/mol. The molecule has 224 valence electrons. The fourth-order valence-corrected chi connectivity index (χ4v) is 7.50. The number of carbonyl (C=O) groups excluding carboxylic acids is 3. The van der Waals surface area contributed by atoms with Gasteiger partial charge in [0.25, 0.3) is 0 Å². The molecule has 10 nitrogen and oxygen atoms in total. The van der Waals surface area contributed by atoms with Crippen molar-refractivity contribution in [1.82, 2.24) is 5.32 Å². The molecule has 41 heavy (non-hydrogen) atoms. The molecule has 0 saturated heterocycles. The number of rotatable bonds is 10. The van der Waals surface area contributed by atoms with Crippen LogP contribution < -0.4 is 20.5 Å². The average Bonchev–Trinajstić information content (AvgIpc) is 3.27. The van der Waals surface area contributed by atoms with Crippen molar-refractivity contribution in [3.63, 3.8) is 0 Å². The summed E-state index contributed by atoms with van der Waals surface area (Å²) < 4.78 is 23.3. The van der Waals surface area contributed by atoms with Crippen LogP contribution in [0.25, 0.3) is 0 Å². The van der Waals surface area contributed by atoms with Gasteiger partial charge in [0.15, 0.2) is 23.7 Å². The Morgan fingerprint density at radius 1 is 1.24 bits per heavy atom. The summed E-state index contributed by atoms with van der Waals surface area (Å²) in [5, 5.41) is 14.9. The Morgan fingerprint density at radius 2 is 2.00 bits per heavy atom. The monoisotopic (exact) mass is 570 g/mol. The van der Waals surface area contributed by atoms with Crippen molar-refractivity contribution in [2.45, 2.75) is 95.5 Å². The van der Waals surface area contributed by atoms with Gasteiger partial charge >= 0.3 is 11.9 Å². The lowest BCUT2D eigenvalue weighted by Crippen LogP contribution is -2.69. The quantitative estimate of drug-likeness (QED) is 0.361. The summed E-state index contributed by atoms with van der Waals surface area (Å²) in [5.41, 5.74) is 6.15. The zero-order chi connectivity index (χ0) is 29.7. The molecule has 0 radical (unpaired) electrons. The second-order valence-corrected chi connectivity index (χ2v) is 12.5. The van der Waals surface area contributed by atoms with Crippen molar-refractivity contribution in [3.05, 3.63) is 35.1 Å². The molecule has 4 N–H and O–H groups in total. The molecule has 1 aromatic rings. The van der Waals surface area contributed by atoms with E-state index in [1.807, 2.05) is 19.9 Å². The Bertz CT molecular complexity index is 1260. The molecule has 1 fully saturated rings. The number of esters is 2. The SMILES string of the molecule is COc1ccc2c3c1O[C@H]1C(OC(=O)[C@H](C)OC(=O)CCNC(=O)[C@@H](N)CC(C)C)=CC[C@@]4(O)[C@@H](C2)C(C)CC[C@]314. The molecular formula is C31H42N2O8. The van der Waals surface area contributed by atoms with Gasteiger partial charge in [-0.2, -0.15) is 0 Å². The Hall–Kier alpha value is -3.11. The van der Waals surface area contributed by atoms with Gasteiger partial charge in [-0.15, -0.1) is 0 Å². The summed E-state index contributed by atoms with van der Waals surface area (Å²) in [6.45, 7) is 7.63. The highest BCUT2D eigenvalue weighted by molar-refractivity contribution is 5.83. The number of ether oxygens (including phenoxy) is 4. The number of aliphatic hydroxyl groups is 1. The van der Waals surface area contributed by atoms with Gasteiger partial charge in [-0.3, -0.25) is 9.59 Å². The molecule has 0 aromatic heterocycles. The van der Waals surface area contributed by atoms with Crippen LogP contribution in [0.1, 0.15) is 70.9 Å². The number of amides is 1. The third-order valence-corrected chi connectivity index (χ3v) is 9.49. The Morgan fingerprint density at radius 3 is 2.71 bits per heavy atom. The third kappa shape index (κ3) is 4.78. The first-order valence-electron chi connectivity index (χ1n) is 14.7. The lowest BCUT2D eigenvalue weighted by molar-refractivity contribution is -0.176. The summed E-state index contributed by atoms with van der Waals surface area (Å²) in [6, 6.07) is 3.30. The van der Waals surface area contributed by atoms with E-state index in [9.17, 15) is 19.5 Å². The summed E-state index contributed by atoms with van der Waals surface area (Å²) in [6.07, 6.45) is 2.97. The van der Waals surface area contributed by atoms with E-state index in [4.69, 9.17) is 24.7 Å². The first kappa shape index (κ1) is 29.4. The van der Waals surface area contributed by atoms with Crippen molar-refractivity contribution in [2.24, 2.45) is 23.5 Å². The maximum absolute atomic E-state index is 13.1. The molecule has 2 bridgehead atoms. The number of nitrogens with two attached hydrogens (primary N) is 1. The molecule has 3 aliphatic carbocycles. The molecule has 5 rings (SSSR count). The molecule has 10 heteroatoms. The van der Waals surface area contributed by atoms with Crippen molar-refractivity contribution in [1.29, 1.82) is 0 Å². The van der Waals surface area contributed by atoms with Gasteiger partial charge in [0, 0.05) is 12.1 Å². The Balaban J connectivity index is 1.27. The van der Waals surface area contributed by atoms with E-state index in [1.54, 1.807) is 13.2 Å². The minimum absolute atomic E-state index is 0.0444. The van der Waals surface area contributed by atoms with Crippen LogP contribution in [0.4, 0.5) is 0 Å². The number of methoxy groups -OCH3 is 1. The molecule has 1 saturated carbocycles. The van der Waals surface area contributed by atoms with Gasteiger partial charge in [0.2, 0.25) is 5.91 Å². The maximum atomic E-state index is 13.1. The number of hydrogen-bond acceptors (Lipinski definition) is 9. The van der Waals surface area contributed by atoms with Crippen molar-refractivity contribution < 1.29 is 38.4 Å². The second-order valence-electron chi connectivity index (χ2n) is 12.5. The van der Waals surface area contributed by atoms with Crippen LogP contribution in [-0.4, -0.2) is 60.5 Å². The van der Waals surface area contributed by atoms with Gasteiger partial charge in [-0.25, -0.2) is 4.79 Å². The van der Waals surface area contributed by atoms with E-state index >= 15 is 0 Å². The van der Waals surface area contributed by atoms with Gasteiger partial charge in [-0.1, -0.05) is 26.8 Å². The molecule has 4 aliphatic rings. The summed E-state index contributed by atoms with van der Waals surface area (Å²) >= 11 is 0. The lowest BCUT2D eigenvalue weighted by atomic mass is 9.45. The molecule has 7 atom stereocenters. The predicted octanol–water partition coefficient (Wildman–Crippen LogP) is 2.67. The molecule has 1 unspecified atom stereocenters. The van der Waals surface area contributed by atoms with Crippen molar-refractivity contribution >= 4 is 17.8 Å². The molecule has 1 spiro atoms. The fraction of sp³-hybridized carbons (Fsp3) is 0.645. The van der Waals surface area contributed by atoms with E-state index in [0.29, 0.717) is 42.4 Å². The summed E-state index contributed by atoms with van der Waals surface area (Å²) in [5.74, 6) is 0.425. The molecular weight excluding hydrogens is 528 g/mol. The smallest absolute Gasteiger partial charge is 0.352 e. The highest BCUT2D eigenvalue weighted by Crippen LogP contribution is 2.68. The topological polar surface area (TPSA) is 146 Å². The number of hydrogen-bond donors (Lipinski definition) is 3. The van der Waals surface area contributed by atoms with Crippen LogP contribution in [0.3, 0.4) is 0 Å². The minimum atomic E-state index is -1.18. The molecule has 1 heterocycles. The van der Waals surface area contributed by atoms with Gasteiger partial charge in [0.1, 0.15) is 5.76 Å². The first-order valence-corrected chi connectivity index (χ1v) is 14.7. The lowest BCUT2D eigenvalue weighted by Gasteiger charge is -2.61. The molecule has 1 aliphatic heterocycles. The Labute approximate surface area is 240 Å². The van der Waals surface area contributed by atoms with Crippen molar-refractivity contribution in [2.75, 3.05) is 13.7 Å². The molecule has 1 aromatic carbocycles. The van der Waals surface area contributed by atoms with Crippen LogP contribution in [0.2, 0.25) is 0 Å². The molecule has 1 amide bonds. The van der Waals surface area contributed by atoms with Crippen LogP contribution >= 0.6 is 0 Å². The van der Waals surface area contributed by atoms with Crippen LogP contribution in [-0.2, 0) is 35.7 Å². The van der Waals surface area contributed by atoms with Crippen LogP contribution in [0.5, 0.6) is 11.5 Å². The standard InChI is InChI=1S/C31H42N2O8/c1-16(2)14-21(32)28(35)33-13-10-24(34)39-18(4)29(36)40-23-9-12-31(37)20-15-19-6-7-22(38-5)26-25(19)30(31,27(23)41-26)11-8-17(20)3/h6-7,9,16-18,20-21,27,37H,8,10-15,32H2,1-5H3,(H,33,35)/t17?,18-,20-,21-,27-,30-,31+/m0/s1. The van der Waals surface area contributed by atoms with E-state index in [0.717, 1.165) is 24.0 Å². The average molecular weight is 571 g/mol.